The second kappa shape index (κ2) is 18.3. The molecule has 3 unspecified atom stereocenters. The summed E-state index contributed by atoms with van der Waals surface area (Å²) in [6.07, 6.45) is 9.08. The Morgan fingerprint density at radius 1 is 0.952 bits per heavy atom. The number of fused-ring (bicyclic) bond motifs is 3. The van der Waals surface area contributed by atoms with Gasteiger partial charge < -0.3 is 39.0 Å². The van der Waals surface area contributed by atoms with Gasteiger partial charge in [-0.15, -0.1) is 0 Å². The number of carbonyl (C=O) groups is 4. The number of aliphatic hydroxyl groups excluding tert-OH is 1. The van der Waals surface area contributed by atoms with Gasteiger partial charge in [0.15, 0.2) is 5.79 Å². The van der Waals surface area contributed by atoms with E-state index < -0.39 is 72.1 Å². The lowest BCUT2D eigenvalue weighted by Gasteiger charge is -2.34. The molecule has 5 aliphatic rings. The Balaban J connectivity index is 1.01. The highest BCUT2D eigenvalue weighted by Gasteiger charge is 2.55. The van der Waals surface area contributed by atoms with Gasteiger partial charge in [-0.2, -0.15) is 0 Å². The van der Waals surface area contributed by atoms with Gasteiger partial charge in [-0.3, -0.25) is 14.4 Å². The number of benzene rings is 3. The zero-order chi connectivity index (χ0) is 43.6. The lowest BCUT2D eigenvalue weighted by molar-refractivity contribution is -0.172. The molecule has 328 valence electrons. The van der Waals surface area contributed by atoms with Crippen molar-refractivity contribution in [2.45, 2.75) is 133 Å². The highest BCUT2D eigenvalue weighted by molar-refractivity contribution is 5.97. The summed E-state index contributed by atoms with van der Waals surface area (Å²) >= 11 is 0. The van der Waals surface area contributed by atoms with E-state index in [9.17, 15) is 24.3 Å². The van der Waals surface area contributed by atoms with E-state index in [0.29, 0.717) is 42.1 Å². The van der Waals surface area contributed by atoms with E-state index in [1.165, 1.54) is 4.90 Å². The molecule has 3 aromatic rings. The predicted molar refractivity (Wildman–Crippen MR) is 231 cm³/mol. The molecule has 1 spiro atoms. The number of aliphatic hydroxyl groups is 1. The molecule has 2 heterocycles. The molecule has 12 nitrogen and oxygen atoms in total. The molecule has 0 radical (unpaired) electrons. The van der Waals surface area contributed by atoms with Crippen LogP contribution in [-0.2, 0) is 57.3 Å². The Bertz CT molecular complexity index is 2170. The van der Waals surface area contributed by atoms with Crippen LogP contribution in [0.1, 0.15) is 91.9 Å². The fourth-order valence-electron chi connectivity index (χ4n) is 9.29. The maximum Gasteiger partial charge on any atom is 0.338 e. The molecule has 2 N–H and O–H groups in total. The third kappa shape index (κ3) is 10.4. The number of esters is 2. The van der Waals surface area contributed by atoms with Gasteiger partial charge >= 0.3 is 11.9 Å². The van der Waals surface area contributed by atoms with Gasteiger partial charge in [0.2, 0.25) is 11.8 Å². The van der Waals surface area contributed by atoms with Crippen LogP contribution in [0.15, 0.2) is 96.6 Å². The highest BCUT2D eigenvalue weighted by Crippen LogP contribution is 2.45. The third-order valence-electron chi connectivity index (χ3n) is 12.5. The highest BCUT2D eigenvalue weighted by atomic mass is 16.8. The summed E-state index contributed by atoms with van der Waals surface area (Å²) in [7, 11) is 1.57. The van der Waals surface area contributed by atoms with Crippen molar-refractivity contribution >= 4 is 29.8 Å². The van der Waals surface area contributed by atoms with Gasteiger partial charge in [0, 0.05) is 44.7 Å². The summed E-state index contributed by atoms with van der Waals surface area (Å²) in [5, 5.41) is 13.1. The second-order valence-electron chi connectivity index (χ2n) is 18.4. The van der Waals surface area contributed by atoms with E-state index in [2.05, 4.69) is 29.6 Å². The van der Waals surface area contributed by atoms with Crippen LogP contribution in [0.25, 0.3) is 6.08 Å². The van der Waals surface area contributed by atoms with Crippen molar-refractivity contribution in [3.8, 4) is 0 Å². The zero-order valence-electron chi connectivity index (χ0n) is 36.0. The average molecular weight is 847 g/mol. The summed E-state index contributed by atoms with van der Waals surface area (Å²) in [4.78, 5) is 56.8. The van der Waals surface area contributed by atoms with Crippen molar-refractivity contribution < 1.29 is 48.0 Å². The van der Waals surface area contributed by atoms with Crippen molar-refractivity contribution in [1.29, 1.82) is 0 Å². The molecule has 62 heavy (non-hydrogen) atoms. The molecule has 3 aliphatic carbocycles. The number of nitrogens with zero attached hydrogens (tertiary/aromatic N) is 1. The molecule has 0 bridgehead atoms. The number of hydrogen-bond acceptors (Lipinski definition) is 10. The molecule has 2 saturated heterocycles. The molecule has 8 rings (SSSR count). The minimum atomic E-state index is -1.00. The molecule has 2 amide bonds. The van der Waals surface area contributed by atoms with Crippen molar-refractivity contribution in [3.05, 3.63) is 124 Å². The van der Waals surface area contributed by atoms with Crippen molar-refractivity contribution in [3.63, 3.8) is 0 Å². The van der Waals surface area contributed by atoms with Gasteiger partial charge in [0.1, 0.15) is 30.0 Å². The first-order chi connectivity index (χ1) is 29.7. The minimum absolute atomic E-state index is 0.0108. The standard InChI is InChI=1S/C50H58N2O10/c1-49(2,3)61-44(54)22-20-38(30-53)51-46(55)39(24-31-11-6-5-7-12-31)52(4)47(56)37-26-42(45-43(27-37)60-50(62-45)28-35-14-8-9-15-36(35)29-50)59-48(57)34-16-10-13-32(23-34)17-18-33-19-21-40-41(25-33)58-40/h5-18,23,27,33,38-43,45,53H,19-22,24-26,28-30H2,1-4H3,(H,51,55)/t33?,38-,39+,40?,41?,42+,43+,45-/m0/s1. The third-order valence-corrected chi connectivity index (χ3v) is 12.5. The van der Waals surface area contributed by atoms with Crippen molar-refractivity contribution in [2.24, 2.45) is 5.92 Å². The van der Waals surface area contributed by atoms with Gasteiger partial charge in [-0.25, -0.2) is 4.79 Å². The minimum Gasteiger partial charge on any atom is -0.460 e. The SMILES string of the molecule is CN(C(=O)C1=C[C@H]2OC3(Cc4ccccc4C3)O[C@H]2[C@H](OC(=O)c2cccc(C=CC3CCC4OC4C3)c2)C1)[C@H](Cc1ccccc1)C(=O)N[C@H](CO)CCC(=O)OC(C)(C)C. The molecular weight excluding hydrogens is 789 g/mol. The van der Waals surface area contributed by atoms with Gasteiger partial charge in [0.25, 0.3) is 0 Å². The number of hydrogen-bond donors (Lipinski definition) is 2. The van der Waals surface area contributed by atoms with Crippen LogP contribution < -0.4 is 5.32 Å². The monoisotopic (exact) mass is 846 g/mol. The number of epoxide rings is 1. The van der Waals surface area contributed by atoms with Crippen molar-refractivity contribution in [2.75, 3.05) is 13.7 Å². The predicted octanol–water partition coefficient (Wildman–Crippen LogP) is 6.07. The van der Waals surface area contributed by atoms with Gasteiger partial charge in [-0.1, -0.05) is 78.9 Å². The largest absolute Gasteiger partial charge is 0.460 e. The van der Waals surface area contributed by atoms with Crippen LogP contribution in [0.5, 0.6) is 0 Å². The summed E-state index contributed by atoms with van der Waals surface area (Å²) in [5.41, 5.74) is 3.97. The number of amides is 2. The number of nitrogens with one attached hydrogen (secondary N) is 1. The topological polar surface area (TPSA) is 153 Å². The molecule has 3 fully saturated rings. The fraction of sp³-hybridized carbons (Fsp3) is 0.480. The molecule has 12 heteroatoms. The number of allylic oxidation sites excluding steroid dienone is 1. The fourth-order valence-corrected chi connectivity index (χ4v) is 9.29. The smallest absolute Gasteiger partial charge is 0.338 e. The molecular formula is C50H58N2O10. The molecule has 3 aromatic carbocycles. The lowest BCUT2D eigenvalue weighted by Crippen LogP contribution is -2.53. The van der Waals surface area contributed by atoms with Crippen LogP contribution in [0.4, 0.5) is 0 Å². The maximum atomic E-state index is 14.7. The Labute approximate surface area is 363 Å². The van der Waals surface area contributed by atoms with Gasteiger partial charge in [0.05, 0.1) is 30.4 Å². The number of ether oxygens (including phenoxy) is 5. The molecule has 2 aliphatic heterocycles. The number of rotatable bonds is 14. The quantitative estimate of drug-likeness (QED) is 0.145. The maximum absolute atomic E-state index is 14.7. The first-order valence-electron chi connectivity index (χ1n) is 22.0. The summed E-state index contributed by atoms with van der Waals surface area (Å²) in [5.74, 6) is -2.47. The van der Waals surface area contributed by atoms with E-state index in [4.69, 9.17) is 23.7 Å². The first kappa shape index (κ1) is 43.5. The number of likely N-dealkylation sites (N-methyl/N-ethyl adjacent to an activating group) is 1. The van der Waals surface area contributed by atoms with E-state index >= 15 is 0 Å². The Morgan fingerprint density at radius 2 is 1.69 bits per heavy atom. The van der Waals surface area contributed by atoms with Crippen LogP contribution in [0.3, 0.4) is 0 Å². The summed E-state index contributed by atoms with van der Waals surface area (Å²) in [6, 6.07) is 23.0. The summed E-state index contributed by atoms with van der Waals surface area (Å²) < 4.78 is 30.9. The van der Waals surface area contributed by atoms with E-state index in [1.54, 1.807) is 40.0 Å². The van der Waals surface area contributed by atoms with Crippen LogP contribution in [0, 0.1) is 5.92 Å². The van der Waals surface area contributed by atoms with Crippen molar-refractivity contribution in [1.82, 2.24) is 10.2 Å². The van der Waals surface area contributed by atoms with Crippen LogP contribution >= 0.6 is 0 Å². The molecule has 1 saturated carbocycles. The molecule has 8 atom stereocenters. The Hall–Kier alpha value is -5.14. The lowest BCUT2D eigenvalue weighted by atomic mass is 9.88. The average Bonchev–Trinajstić information content (AvgIpc) is 3.81. The normalized spacial score (nSPS) is 25.5. The second-order valence-corrected chi connectivity index (χ2v) is 18.4. The Morgan fingerprint density at radius 3 is 2.40 bits per heavy atom. The summed E-state index contributed by atoms with van der Waals surface area (Å²) in [6.45, 7) is 4.91. The zero-order valence-corrected chi connectivity index (χ0v) is 36.0. The van der Waals surface area contributed by atoms with E-state index in [-0.39, 0.29) is 25.7 Å². The number of carbonyl (C=O) groups excluding carboxylic acids is 4. The van der Waals surface area contributed by atoms with Crippen LogP contribution in [-0.4, -0.2) is 101 Å². The first-order valence-corrected chi connectivity index (χ1v) is 22.0. The van der Waals surface area contributed by atoms with E-state index in [1.807, 2.05) is 60.7 Å². The van der Waals surface area contributed by atoms with E-state index in [0.717, 1.165) is 41.5 Å². The van der Waals surface area contributed by atoms with Crippen LogP contribution in [0.2, 0.25) is 0 Å². The molecule has 0 aromatic heterocycles. The Kier molecular flexibility index (Phi) is 12.8. The van der Waals surface area contributed by atoms with Gasteiger partial charge in [-0.05, 0) is 92.8 Å².